The van der Waals surface area contributed by atoms with Gasteiger partial charge in [-0.3, -0.25) is 10.3 Å². The van der Waals surface area contributed by atoms with Crippen LogP contribution in [0.1, 0.15) is 24.2 Å². The van der Waals surface area contributed by atoms with E-state index < -0.39 is 0 Å². The van der Waals surface area contributed by atoms with E-state index >= 15 is 0 Å². The van der Waals surface area contributed by atoms with Gasteiger partial charge in [0.2, 0.25) is 5.95 Å². The number of aromatic nitrogens is 4. The van der Waals surface area contributed by atoms with E-state index in [1.807, 2.05) is 27.0 Å². The molecule has 0 spiro atoms. The molecule has 0 aliphatic carbocycles. The smallest absolute Gasteiger partial charge is 0.323 e. The summed E-state index contributed by atoms with van der Waals surface area (Å²) in [6.07, 6.45) is 6.94. The van der Waals surface area contributed by atoms with Crippen molar-refractivity contribution in [3.63, 3.8) is 0 Å². The maximum atomic E-state index is 12.5. The number of rotatable bonds is 3. The Labute approximate surface area is 147 Å². The zero-order chi connectivity index (χ0) is 17.8. The van der Waals surface area contributed by atoms with Gasteiger partial charge in [-0.2, -0.15) is 0 Å². The summed E-state index contributed by atoms with van der Waals surface area (Å²) in [5, 5.41) is 2.87. The molecule has 8 heteroatoms. The molecule has 0 atom stereocenters. The minimum absolute atomic E-state index is 0.155. The first-order valence-electron chi connectivity index (χ1n) is 8.40. The lowest BCUT2D eigenvalue weighted by molar-refractivity contribution is 0.192. The van der Waals surface area contributed by atoms with Gasteiger partial charge in [-0.1, -0.05) is 0 Å². The summed E-state index contributed by atoms with van der Waals surface area (Å²) in [4.78, 5) is 33.6. The molecule has 132 valence electrons. The second kappa shape index (κ2) is 7.42. The molecule has 2 aromatic rings. The lowest BCUT2D eigenvalue weighted by atomic mass is 10.0. The SMILES string of the molecule is Cc1cnc(C)c(NC(=O)N(C)C2CCN(c3ncccn3)CC2)n1. The number of hydrogen-bond donors (Lipinski definition) is 1. The predicted molar refractivity (Wildman–Crippen MR) is 95.6 cm³/mol. The molecule has 2 aromatic heterocycles. The van der Waals surface area contributed by atoms with E-state index in [0.29, 0.717) is 11.5 Å². The van der Waals surface area contributed by atoms with Gasteiger partial charge in [0.15, 0.2) is 5.82 Å². The van der Waals surface area contributed by atoms with E-state index in [1.165, 1.54) is 0 Å². The number of amides is 2. The van der Waals surface area contributed by atoms with Crippen LogP contribution in [-0.4, -0.2) is 57.0 Å². The third kappa shape index (κ3) is 4.01. The highest BCUT2D eigenvalue weighted by molar-refractivity contribution is 5.88. The Morgan fingerprint density at radius 2 is 1.88 bits per heavy atom. The predicted octanol–water partition coefficient (Wildman–Crippen LogP) is 2.02. The Hall–Kier alpha value is -2.77. The fourth-order valence-corrected chi connectivity index (χ4v) is 2.92. The maximum absolute atomic E-state index is 12.5. The monoisotopic (exact) mass is 341 g/mol. The van der Waals surface area contributed by atoms with E-state index in [0.717, 1.165) is 37.6 Å². The molecule has 25 heavy (non-hydrogen) atoms. The van der Waals surface area contributed by atoms with Crippen LogP contribution in [0.5, 0.6) is 0 Å². The molecule has 0 bridgehead atoms. The number of carbonyl (C=O) groups is 1. The summed E-state index contributed by atoms with van der Waals surface area (Å²) < 4.78 is 0. The van der Waals surface area contributed by atoms with Gasteiger partial charge in [0.1, 0.15) is 0 Å². The lowest BCUT2D eigenvalue weighted by Crippen LogP contribution is -2.47. The third-order valence-corrected chi connectivity index (χ3v) is 4.47. The van der Waals surface area contributed by atoms with Crippen LogP contribution < -0.4 is 10.2 Å². The van der Waals surface area contributed by atoms with Crippen molar-refractivity contribution in [3.8, 4) is 0 Å². The molecular weight excluding hydrogens is 318 g/mol. The number of piperidine rings is 1. The molecule has 3 heterocycles. The molecule has 1 aliphatic rings. The highest BCUT2D eigenvalue weighted by atomic mass is 16.2. The summed E-state index contributed by atoms with van der Waals surface area (Å²) in [6, 6.07) is 1.83. The number of nitrogens with one attached hydrogen (secondary N) is 1. The van der Waals surface area contributed by atoms with Crippen LogP contribution in [0.3, 0.4) is 0 Å². The number of carbonyl (C=O) groups excluding carboxylic acids is 1. The number of anilines is 2. The quantitative estimate of drug-likeness (QED) is 0.919. The highest BCUT2D eigenvalue weighted by Crippen LogP contribution is 2.19. The van der Waals surface area contributed by atoms with Crippen LogP contribution in [0.4, 0.5) is 16.6 Å². The van der Waals surface area contributed by atoms with E-state index in [9.17, 15) is 4.79 Å². The van der Waals surface area contributed by atoms with Crippen molar-refractivity contribution in [3.05, 3.63) is 36.0 Å². The maximum Gasteiger partial charge on any atom is 0.323 e. The van der Waals surface area contributed by atoms with Crippen LogP contribution in [-0.2, 0) is 0 Å². The summed E-state index contributed by atoms with van der Waals surface area (Å²) in [7, 11) is 1.83. The van der Waals surface area contributed by atoms with Gasteiger partial charge in [0.25, 0.3) is 0 Å². The van der Waals surface area contributed by atoms with E-state index in [2.05, 4.69) is 30.2 Å². The zero-order valence-corrected chi connectivity index (χ0v) is 14.8. The van der Waals surface area contributed by atoms with Crippen molar-refractivity contribution >= 4 is 17.8 Å². The second-order valence-corrected chi connectivity index (χ2v) is 6.25. The molecule has 8 nitrogen and oxygen atoms in total. The normalized spacial score (nSPS) is 15.1. The van der Waals surface area contributed by atoms with E-state index in [4.69, 9.17) is 0 Å². The summed E-state index contributed by atoms with van der Waals surface area (Å²) in [6.45, 7) is 5.35. The van der Waals surface area contributed by atoms with Gasteiger partial charge >= 0.3 is 6.03 Å². The molecule has 2 amide bonds. The minimum atomic E-state index is -0.155. The van der Waals surface area contributed by atoms with Crippen molar-refractivity contribution in [2.75, 3.05) is 30.4 Å². The Morgan fingerprint density at radius 3 is 2.56 bits per heavy atom. The Bertz CT molecular complexity index is 729. The van der Waals surface area contributed by atoms with Crippen LogP contribution in [0, 0.1) is 13.8 Å². The summed E-state index contributed by atoms with van der Waals surface area (Å²) >= 11 is 0. The molecule has 0 radical (unpaired) electrons. The molecule has 1 N–H and O–H groups in total. The van der Waals surface area contributed by atoms with Crippen LogP contribution in [0.25, 0.3) is 0 Å². The fraction of sp³-hybridized carbons (Fsp3) is 0.471. The van der Waals surface area contributed by atoms with Crippen molar-refractivity contribution in [2.45, 2.75) is 32.7 Å². The Morgan fingerprint density at radius 1 is 1.20 bits per heavy atom. The van der Waals surface area contributed by atoms with Crippen LogP contribution >= 0.6 is 0 Å². The van der Waals surface area contributed by atoms with Crippen LogP contribution in [0.2, 0.25) is 0 Å². The number of aryl methyl sites for hydroxylation is 2. The number of urea groups is 1. The van der Waals surface area contributed by atoms with Gasteiger partial charge in [-0.05, 0) is 32.8 Å². The average molecular weight is 341 g/mol. The first-order chi connectivity index (χ1) is 12.0. The Kier molecular flexibility index (Phi) is 5.06. The molecule has 3 rings (SSSR count). The minimum Gasteiger partial charge on any atom is -0.341 e. The zero-order valence-electron chi connectivity index (χ0n) is 14.8. The van der Waals surface area contributed by atoms with Gasteiger partial charge in [0, 0.05) is 44.8 Å². The lowest BCUT2D eigenvalue weighted by Gasteiger charge is -2.36. The first-order valence-corrected chi connectivity index (χ1v) is 8.40. The van der Waals surface area contributed by atoms with Gasteiger partial charge in [-0.15, -0.1) is 0 Å². The summed E-state index contributed by atoms with van der Waals surface area (Å²) in [5.41, 5.74) is 1.49. The average Bonchev–Trinajstić information content (AvgIpc) is 2.65. The molecule has 0 saturated carbocycles. The molecule has 0 aromatic carbocycles. The molecular formula is C17H23N7O. The number of hydrogen-bond acceptors (Lipinski definition) is 6. The first kappa shape index (κ1) is 17.1. The number of nitrogens with zero attached hydrogens (tertiary/aromatic N) is 6. The summed E-state index contributed by atoms with van der Waals surface area (Å²) in [5.74, 6) is 1.27. The topological polar surface area (TPSA) is 87.1 Å². The van der Waals surface area contributed by atoms with Crippen molar-refractivity contribution < 1.29 is 4.79 Å². The second-order valence-electron chi connectivity index (χ2n) is 6.25. The molecule has 1 fully saturated rings. The van der Waals surface area contributed by atoms with Gasteiger partial charge < -0.3 is 9.80 Å². The molecule has 1 aliphatic heterocycles. The van der Waals surface area contributed by atoms with Crippen LogP contribution in [0.15, 0.2) is 24.7 Å². The van der Waals surface area contributed by atoms with E-state index in [-0.39, 0.29) is 12.1 Å². The van der Waals surface area contributed by atoms with Crippen molar-refractivity contribution in [1.29, 1.82) is 0 Å². The highest BCUT2D eigenvalue weighted by Gasteiger charge is 2.26. The van der Waals surface area contributed by atoms with Crippen molar-refractivity contribution in [2.24, 2.45) is 0 Å². The van der Waals surface area contributed by atoms with Gasteiger partial charge in [-0.25, -0.2) is 19.7 Å². The van der Waals surface area contributed by atoms with Crippen molar-refractivity contribution in [1.82, 2.24) is 24.8 Å². The third-order valence-electron chi connectivity index (χ3n) is 4.47. The van der Waals surface area contributed by atoms with Gasteiger partial charge in [0.05, 0.1) is 11.4 Å². The van der Waals surface area contributed by atoms with E-state index in [1.54, 1.807) is 23.5 Å². The molecule has 1 saturated heterocycles. The largest absolute Gasteiger partial charge is 0.341 e. The molecule has 0 unspecified atom stereocenters. The Balaban J connectivity index is 1.57. The fourth-order valence-electron chi connectivity index (χ4n) is 2.92. The standard InChI is InChI=1S/C17H23N7O/c1-12-11-20-13(2)15(21-12)22-17(25)23(3)14-5-9-24(10-6-14)16-18-7-4-8-19-16/h4,7-8,11,14H,5-6,9-10H2,1-3H3,(H,21,22,25).